The molecule has 1 aromatic carbocycles. The van der Waals surface area contributed by atoms with Crippen LogP contribution in [0.5, 0.6) is 0 Å². The van der Waals surface area contributed by atoms with Gasteiger partial charge in [-0.1, -0.05) is 37.3 Å². The number of amides is 1. The summed E-state index contributed by atoms with van der Waals surface area (Å²) in [4.78, 5) is 23.8. The first-order valence-corrected chi connectivity index (χ1v) is 9.11. The third kappa shape index (κ3) is 4.35. The Morgan fingerprint density at radius 1 is 1.32 bits per heavy atom. The smallest absolute Gasteiger partial charge is 0.225 e. The lowest BCUT2D eigenvalue weighted by molar-refractivity contribution is -0.125. The zero-order valence-corrected chi connectivity index (χ0v) is 15.0. The van der Waals surface area contributed by atoms with Crippen molar-refractivity contribution in [1.29, 1.82) is 0 Å². The number of piperidine rings is 1. The highest BCUT2D eigenvalue weighted by molar-refractivity contribution is 5.79. The molecule has 2 heterocycles. The van der Waals surface area contributed by atoms with E-state index in [9.17, 15) is 4.79 Å². The second-order valence-electron chi connectivity index (χ2n) is 6.71. The molecule has 2 atom stereocenters. The SMILES string of the molecule is CC[C@H](C)NC(=O)[C@@H]1CCCN(c2ccnc(-c3ccccc3)n2)C1. The van der Waals surface area contributed by atoms with Crippen molar-refractivity contribution >= 4 is 11.7 Å². The molecule has 1 amide bonds. The molecule has 2 aromatic rings. The summed E-state index contributed by atoms with van der Waals surface area (Å²) >= 11 is 0. The molecule has 5 nitrogen and oxygen atoms in total. The van der Waals surface area contributed by atoms with E-state index < -0.39 is 0 Å². The first-order chi connectivity index (χ1) is 12.2. The van der Waals surface area contributed by atoms with Gasteiger partial charge in [0.05, 0.1) is 5.92 Å². The lowest BCUT2D eigenvalue weighted by Gasteiger charge is -2.33. The summed E-state index contributed by atoms with van der Waals surface area (Å²) in [5.41, 5.74) is 1.01. The number of benzene rings is 1. The number of carbonyl (C=O) groups is 1. The van der Waals surface area contributed by atoms with Gasteiger partial charge in [0, 0.05) is 30.9 Å². The van der Waals surface area contributed by atoms with Gasteiger partial charge >= 0.3 is 0 Å². The summed E-state index contributed by atoms with van der Waals surface area (Å²) in [6.45, 7) is 5.78. The number of carbonyl (C=O) groups excluding carboxylic acids is 1. The van der Waals surface area contributed by atoms with Gasteiger partial charge in [0.1, 0.15) is 5.82 Å². The van der Waals surface area contributed by atoms with Crippen LogP contribution in [0.4, 0.5) is 5.82 Å². The maximum Gasteiger partial charge on any atom is 0.225 e. The molecule has 0 radical (unpaired) electrons. The number of aromatic nitrogens is 2. The van der Waals surface area contributed by atoms with Gasteiger partial charge in [-0.2, -0.15) is 0 Å². The van der Waals surface area contributed by atoms with Gasteiger partial charge in [0.2, 0.25) is 5.91 Å². The summed E-state index contributed by atoms with van der Waals surface area (Å²) in [5, 5.41) is 3.11. The molecule has 3 rings (SSSR count). The van der Waals surface area contributed by atoms with Crippen LogP contribution in [0, 0.1) is 5.92 Å². The van der Waals surface area contributed by atoms with Crippen molar-refractivity contribution in [3.05, 3.63) is 42.6 Å². The number of hydrogen-bond acceptors (Lipinski definition) is 4. The Bertz CT molecular complexity index is 704. The van der Waals surface area contributed by atoms with E-state index in [1.165, 1.54) is 0 Å². The molecule has 1 aliphatic heterocycles. The molecule has 1 aromatic heterocycles. The molecule has 0 saturated carbocycles. The van der Waals surface area contributed by atoms with E-state index in [0.717, 1.165) is 43.0 Å². The minimum absolute atomic E-state index is 0.0258. The highest BCUT2D eigenvalue weighted by Gasteiger charge is 2.27. The molecule has 0 spiro atoms. The van der Waals surface area contributed by atoms with Crippen LogP contribution in [-0.4, -0.2) is 35.0 Å². The molecule has 1 fully saturated rings. The van der Waals surface area contributed by atoms with Gasteiger partial charge in [-0.15, -0.1) is 0 Å². The van der Waals surface area contributed by atoms with Crippen LogP contribution in [0.1, 0.15) is 33.1 Å². The fourth-order valence-corrected chi connectivity index (χ4v) is 3.11. The van der Waals surface area contributed by atoms with Crippen molar-refractivity contribution in [2.24, 2.45) is 5.92 Å². The molecular weight excluding hydrogens is 312 g/mol. The Morgan fingerprint density at radius 2 is 2.12 bits per heavy atom. The van der Waals surface area contributed by atoms with Crippen molar-refractivity contribution < 1.29 is 4.79 Å². The van der Waals surface area contributed by atoms with Gasteiger partial charge in [-0.25, -0.2) is 9.97 Å². The maximum atomic E-state index is 12.5. The van der Waals surface area contributed by atoms with Crippen molar-refractivity contribution in [2.75, 3.05) is 18.0 Å². The Balaban J connectivity index is 1.72. The molecule has 0 bridgehead atoms. The highest BCUT2D eigenvalue weighted by Crippen LogP contribution is 2.24. The fourth-order valence-electron chi connectivity index (χ4n) is 3.11. The number of rotatable bonds is 5. The van der Waals surface area contributed by atoms with Crippen molar-refractivity contribution in [2.45, 2.75) is 39.2 Å². The Labute approximate surface area is 149 Å². The fraction of sp³-hybridized carbons (Fsp3) is 0.450. The minimum Gasteiger partial charge on any atom is -0.356 e. The number of nitrogens with one attached hydrogen (secondary N) is 1. The van der Waals surface area contributed by atoms with E-state index in [-0.39, 0.29) is 17.9 Å². The molecule has 5 heteroatoms. The summed E-state index contributed by atoms with van der Waals surface area (Å²) in [7, 11) is 0. The van der Waals surface area contributed by atoms with E-state index >= 15 is 0 Å². The van der Waals surface area contributed by atoms with E-state index in [0.29, 0.717) is 6.54 Å². The second kappa shape index (κ2) is 8.10. The van der Waals surface area contributed by atoms with Crippen LogP contribution < -0.4 is 10.2 Å². The van der Waals surface area contributed by atoms with Crippen molar-refractivity contribution in [3.8, 4) is 11.4 Å². The standard InChI is InChI=1S/C20H26N4O/c1-3-15(2)22-20(25)17-10-7-13-24(14-17)18-11-12-21-19(23-18)16-8-5-4-6-9-16/h4-6,8-9,11-12,15,17H,3,7,10,13-14H2,1-2H3,(H,22,25)/t15-,17+/m0/s1. The van der Waals surface area contributed by atoms with E-state index in [2.05, 4.69) is 29.0 Å². The number of hydrogen-bond donors (Lipinski definition) is 1. The molecule has 1 N–H and O–H groups in total. The average Bonchev–Trinajstić information content (AvgIpc) is 2.68. The van der Waals surface area contributed by atoms with Crippen LogP contribution in [0.25, 0.3) is 11.4 Å². The van der Waals surface area contributed by atoms with Crippen molar-refractivity contribution in [3.63, 3.8) is 0 Å². The molecule has 1 aliphatic rings. The topological polar surface area (TPSA) is 58.1 Å². The third-order valence-electron chi connectivity index (χ3n) is 4.79. The van der Waals surface area contributed by atoms with Crippen molar-refractivity contribution in [1.82, 2.24) is 15.3 Å². The summed E-state index contributed by atoms with van der Waals surface area (Å²) < 4.78 is 0. The van der Waals surface area contributed by atoms with Crippen LogP contribution in [0.2, 0.25) is 0 Å². The Kier molecular flexibility index (Phi) is 5.64. The van der Waals surface area contributed by atoms with E-state index in [1.807, 2.05) is 36.4 Å². The average molecular weight is 338 g/mol. The molecule has 132 valence electrons. The quantitative estimate of drug-likeness (QED) is 0.909. The second-order valence-corrected chi connectivity index (χ2v) is 6.71. The van der Waals surface area contributed by atoms with Gasteiger partial charge in [0.25, 0.3) is 0 Å². The van der Waals surface area contributed by atoms with Crippen LogP contribution in [0.3, 0.4) is 0 Å². The minimum atomic E-state index is 0.0258. The Hall–Kier alpha value is -2.43. The molecule has 25 heavy (non-hydrogen) atoms. The van der Waals surface area contributed by atoms with E-state index in [1.54, 1.807) is 6.20 Å². The number of anilines is 1. The van der Waals surface area contributed by atoms with Gasteiger partial charge in [-0.05, 0) is 32.3 Å². The van der Waals surface area contributed by atoms with Crippen LogP contribution in [-0.2, 0) is 4.79 Å². The highest BCUT2D eigenvalue weighted by atomic mass is 16.2. The Morgan fingerprint density at radius 3 is 2.88 bits per heavy atom. The number of nitrogens with zero attached hydrogens (tertiary/aromatic N) is 3. The predicted octanol–water partition coefficient (Wildman–Crippen LogP) is 3.27. The molecule has 1 saturated heterocycles. The normalized spacial score (nSPS) is 18.6. The summed E-state index contributed by atoms with van der Waals surface area (Å²) in [6, 6.07) is 12.1. The lowest BCUT2D eigenvalue weighted by atomic mass is 9.96. The van der Waals surface area contributed by atoms with E-state index in [4.69, 9.17) is 4.98 Å². The van der Waals surface area contributed by atoms with Crippen LogP contribution in [0.15, 0.2) is 42.6 Å². The molecule has 0 aliphatic carbocycles. The largest absolute Gasteiger partial charge is 0.356 e. The van der Waals surface area contributed by atoms with Gasteiger partial charge < -0.3 is 10.2 Å². The first-order valence-electron chi connectivity index (χ1n) is 9.11. The molecule has 0 unspecified atom stereocenters. The monoisotopic (exact) mass is 338 g/mol. The first kappa shape index (κ1) is 17.4. The molecular formula is C20H26N4O. The van der Waals surface area contributed by atoms with Gasteiger partial charge in [-0.3, -0.25) is 4.79 Å². The predicted molar refractivity (Wildman–Crippen MR) is 100 cm³/mol. The lowest BCUT2D eigenvalue weighted by Crippen LogP contribution is -2.45. The van der Waals surface area contributed by atoms with Crippen LogP contribution >= 0.6 is 0 Å². The zero-order chi connectivity index (χ0) is 17.6. The van der Waals surface area contributed by atoms with Gasteiger partial charge in [0.15, 0.2) is 5.82 Å². The maximum absolute atomic E-state index is 12.5. The summed E-state index contributed by atoms with van der Waals surface area (Å²) in [6.07, 6.45) is 4.70. The third-order valence-corrected chi connectivity index (χ3v) is 4.79. The zero-order valence-electron chi connectivity index (χ0n) is 15.0. The summed E-state index contributed by atoms with van der Waals surface area (Å²) in [5.74, 6) is 1.81.